The van der Waals surface area contributed by atoms with Crippen LogP contribution in [0.5, 0.6) is 0 Å². The van der Waals surface area contributed by atoms with Crippen molar-refractivity contribution in [1.82, 2.24) is 0 Å². The van der Waals surface area contributed by atoms with Gasteiger partial charge in [0.15, 0.2) is 0 Å². The number of hydrogen-bond acceptors (Lipinski definition) is 1. The Morgan fingerprint density at radius 2 is 1.82 bits per heavy atom. The van der Waals surface area contributed by atoms with Crippen LogP contribution in [0.4, 0.5) is 0 Å². The van der Waals surface area contributed by atoms with E-state index in [0.717, 1.165) is 18.4 Å². The van der Waals surface area contributed by atoms with E-state index in [4.69, 9.17) is 0 Å². The Labute approximate surface area is 106 Å². The molecule has 0 aromatic rings. The van der Waals surface area contributed by atoms with Gasteiger partial charge in [0.05, 0.1) is 5.60 Å². The summed E-state index contributed by atoms with van der Waals surface area (Å²) in [5.74, 6) is 1.35. The summed E-state index contributed by atoms with van der Waals surface area (Å²) in [5.41, 5.74) is 2.45. The van der Waals surface area contributed by atoms with E-state index in [-0.39, 0.29) is 0 Å². The zero-order valence-corrected chi connectivity index (χ0v) is 11.9. The molecule has 0 radical (unpaired) electrons. The molecule has 3 atom stereocenters. The molecule has 2 aliphatic carbocycles. The molecule has 17 heavy (non-hydrogen) atoms. The van der Waals surface area contributed by atoms with Crippen LogP contribution in [0.3, 0.4) is 0 Å². The lowest BCUT2D eigenvalue weighted by atomic mass is 9.66. The second-order valence-electron chi connectivity index (χ2n) is 6.78. The van der Waals surface area contributed by atoms with Gasteiger partial charge >= 0.3 is 0 Å². The molecule has 0 aromatic heterocycles. The molecular formula is C16H26O. The van der Waals surface area contributed by atoms with Crippen LogP contribution in [0, 0.1) is 17.3 Å². The highest BCUT2D eigenvalue weighted by molar-refractivity contribution is 5.24. The molecule has 1 N–H and O–H groups in total. The zero-order chi connectivity index (χ0) is 12.8. The Balaban J connectivity index is 2.20. The molecular weight excluding hydrogens is 208 g/mol. The predicted octanol–water partition coefficient (Wildman–Crippen LogP) is 4.09. The lowest BCUT2D eigenvalue weighted by molar-refractivity contribution is 0.0634. The summed E-state index contributed by atoms with van der Waals surface area (Å²) < 4.78 is 0. The van der Waals surface area contributed by atoms with Crippen LogP contribution in [-0.4, -0.2) is 10.7 Å². The molecule has 0 amide bonds. The summed E-state index contributed by atoms with van der Waals surface area (Å²) in [6.07, 6.45) is 7.98. The first-order valence-electron chi connectivity index (χ1n) is 6.83. The molecule has 0 spiro atoms. The smallest absolute Gasteiger partial charge is 0.0826 e. The SMILES string of the molecule is CC1=CC[C@H]([C@H]2C=C(C)[C@](C)(O)CC2)C1(C)C. The Hall–Kier alpha value is -0.560. The quantitative estimate of drug-likeness (QED) is 0.678. The molecule has 2 aliphatic rings. The minimum absolute atomic E-state index is 0.324. The van der Waals surface area contributed by atoms with E-state index >= 15 is 0 Å². The third kappa shape index (κ3) is 2.10. The Morgan fingerprint density at radius 3 is 2.29 bits per heavy atom. The average Bonchev–Trinajstić information content (AvgIpc) is 2.47. The first-order chi connectivity index (χ1) is 7.75. The van der Waals surface area contributed by atoms with Crippen LogP contribution >= 0.6 is 0 Å². The van der Waals surface area contributed by atoms with Gasteiger partial charge in [0.2, 0.25) is 0 Å². The fourth-order valence-corrected chi connectivity index (χ4v) is 3.41. The van der Waals surface area contributed by atoms with E-state index in [1.54, 1.807) is 0 Å². The molecule has 0 bridgehead atoms. The first-order valence-corrected chi connectivity index (χ1v) is 6.83. The second kappa shape index (κ2) is 3.98. The molecule has 0 unspecified atom stereocenters. The van der Waals surface area contributed by atoms with Gasteiger partial charge in [-0.25, -0.2) is 0 Å². The van der Waals surface area contributed by atoms with Crippen molar-refractivity contribution in [3.63, 3.8) is 0 Å². The fourth-order valence-electron chi connectivity index (χ4n) is 3.41. The van der Waals surface area contributed by atoms with Gasteiger partial charge < -0.3 is 5.11 Å². The standard InChI is InChI=1S/C16H26O/c1-11-6-7-14(15(11,3)4)13-8-9-16(5,17)12(2)10-13/h6,10,13-14,17H,7-9H2,1-5H3/t13-,14-,16-/m1/s1. The Kier molecular flexibility index (Phi) is 3.02. The van der Waals surface area contributed by atoms with Gasteiger partial charge in [0, 0.05) is 0 Å². The zero-order valence-electron chi connectivity index (χ0n) is 11.9. The summed E-state index contributed by atoms with van der Waals surface area (Å²) in [7, 11) is 0. The number of aliphatic hydroxyl groups is 1. The third-order valence-electron chi connectivity index (χ3n) is 5.42. The molecule has 0 aliphatic heterocycles. The van der Waals surface area contributed by atoms with Gasteiger partial charge in [-0.05, 0) is 62.9 Å². The summed E-state index contributed by atoms with van der Waals surface area (Å²) in [6, 6.07) is 0. The highest BCUT2D eigenvalue weighted by Crippen LogP contribution is 2.50. The van der Waals surface area contributed by atoms with Crippen LogP contribution in [0.25, 0.3) is 0 Å². The summed E-state index contributed by atoms with van der Waals surface area (Å²) in [6.45, 7) is 11.0. The maximum Gasteiger partial charge on any atom is 0.0826 e. The van der Waals surface area contributed by atoms with Crippen molar-refractivity contribution in [2.24, 2.45) is 17.3 Å². The summed E-state index contributed by atoms with van der Waals surface area (Å²) >= 11 is 0. The van der Waals surface area contributed by atoms with Gasteiger partial charge in [0.25, 0.3) is 0 Å². The van der Waals surface area contributed by atoms with Gasteiger partial charge in [-0.2, -0.15) is 0 Å². The van der Waals surface area contributed by atoms with Gasteiger partial charge in [-0.3, -0.25) is 0 Å². The Morgan fingerprint density at radius 1 is 1.18 bits per heavy atom. The van der Waals surface area contributed by atoms with Crippen molar-refractivity contribution in [3.05, 3.63) is 23.3 Å². The van der Waals surface area contributed by atoms with Crippen molar-refractivity contribution < 1.29 is 5.11 Å². The van der Waals surface area contributed by atoms with Gasteiger partial charge in [0.1, 0.15) is 0 Å². The molecule has 0 fully saturated rings. The lowest BCUT2D eigenvalue weighted by Gasteiger charge is -2.40. The highest BCUT2D eigenvalue weighted by Gasteiger charge is 2.41. The first kappa shape index (κ1) is 12.9. The van der Waals surface area contributed by atoms with Crippen LogP contribution < -0.4 is 0 Å². The van der Waals surface area contributed by atoms with Crippen LogP contribution in [-0.2, 0) is 0 Å². The largest absolute Gasteiger partial charge is 0.386 e. The van der Waals surface area contributed by atoms with Crippen molar-refractivity contribution in [2.75, 3.05) is 0 Å². The Bertz CT molecular complexity index is 371. The normalized spacial score (nSPS) is 41.1. The van der Waals surface area contributed by atoms with Crippen LogP contribution in [0.15, 0.2) is 23.3 Å². The molecule has 0 heterocycles. The minimum atomic E-state index is -0.568. The molecule has 0 aromatic carbocycles. The topological polar surface area (TPSA) is 20.2 Å². The average molecular weight is 234 g/mol. The van der Waals surface area contributed by atoms with Crippen molar-refractivity contribution in [3.8, 4) is 0 Å². The van der Waals surface area contributed by atoms with E-state index < -0.39 is 5.60 Å². The number of rotatable bonds is 1. The van der Waals surface area contributed by atoms with E-state index in [2.05, 4.69) is 39.8 Å². The maximum atomic E-state index is 10.2. The van der Waals surface area contributed by atoms with E-state index in [1.165, 1.54) is 12.0 Å². The predicted molar refractivity (Wildman–Crippen MR) is 72.7 cm³/mol. The molecule has 1 nitrogen and oxygen atoms in total. The maximum absolute atomic E-state index is 10.2. The van der Waals surface area contributed by atoms with Crippen LogP contribution in [0.1, 0.15) is 53.9 Å². The number of allylic oxidation sites excluding steroid dienone is 3. The minimum Gasteiger partial charge on any atom is -0.386 e. The van der Waals surface area contributed by atoms with Crippen molar-refractivity contribution >= 4 is 0 Å². The van der Waals surface area contributed by atoms with E-state index in [1.807, 2.05) is 6.92 Å². The van der Waals surface area contributed by atoms with Crippen molar-refractivity contribution in [2.45, 2.75) is 59.5 Å². The second-order valence-corrected chi connectivity index (χ2v) is 6.78. The fraction of sp³-hybridized carbons (Fsp3) is 0.750. The summed E-state index contributed by atoms with van der Waals surface area (Å²) in [5, 5.41) is 10.2. The monoisotopic (exact) mass is 234 g/mol. The summed E-state index contributed by atoms with van der Waals surface area (Å²) in [4.78, 5) is 0. The molecule has 0 saturated carbocycles. The van der Waals surface area contributed by atoms with Gasteiger partial charge in [-0.1, -0.05) is 31.6 Å². The molecule has 2 rings (SSSR count). The van der Waals surface area contributed by atoms with Crippen LogP contribution in [0.2, 0.25) is 0 Å². The van der Waals surface area contributed by atoms with E-state index in [9.17, 15) is 5.11 Å². The van der Waals surface area contributed by atoms with E-state index in [0.29, 0.717) is 17.3 Å². The molecule has 96 valence electrons. The lowest BCUT2D eigenvalue weighted by Crippen LogP contribution is -2.35. The molecule has 0 saturated heterocycles. The van der Waals surface area contributed by atoms with Crippen molar-refractivity contribution in [1.29, 1.82) is 0 Å². The third-order valence-corrected chi connectivity index (χ3v) is 5.42. The number of hydrogen-bond donors (Lipinski definition) is 1. The molecule has 1 heteroatoms. The highest BCUT2D eigenvalue weighted by atomic mass is 16.3. The van der Waals surface area contributed by atoms with Gasteiger partial charge in [-0.15, -0.1) is 0 Å².